The van der Waals surface area contributed by atoms with Crippen molar-refractivity contribution in [2.24, 2.45) is 0 Å². The van der Waals surface area contributed by atoms with E-state index >= 15 is 0 Å². The summed E-state index contributed by atoms with van der Waals surface area (Å²) in [5, 5.41) is 26.2. The Labute approximate surface area is 97.6 Å². The maximum Gasteiger partial charge on any atom is 0.325 e. The molecule has 8 nitrogen and oxygen atoms in total. The number of carboxylic acid groups (broad SMARTS) is 2. The second-order valence-electron chi connectivity index (χ2n) is 3.32. The van der Waals surface area contributed by atoms with E-state index in [1.54, 1.807) is 0 Å². The molecule has 0 aromatic carbocycles. The monoisotopic (exact) mass is 269 g/mol. The van der Waals surface area contributed by atoms with Gasteiger partial charge in [-0.3, -0.25) is 14.1 Å². The number of hydrogen-bond acceptors (Lipinski definition) is 5. The molecule has 0 aliphatic heterocycles. The molecule has 0 heterocycles. The van der Waals surface area contributed by atoms with E-state index in [9.17, 15) is 23.1 Å². The number of rotatable bonds is 8. The minimum Gasteiger partial charge on any atom is -0.480 e. The lowest BCUT2D eigenvalue weighted by atomic mass is 9.98. The summed E-state index contributed by atoms with van der Waals surface area (Å²) in [7, 11) is -4.10. The second kappa shape index (κ2) is 6.52. The third-order valence-corrected chi connectivity index (χ3v) is 2.73. The number of hydrogen-bond donors (Lipinski definition) is 4. The Hall–Kier alpha value is -1.19. The normalized spacial score (nSPS) is 13.6. The lowest BCUT2D eigenvalue weighted by molar-refractivity contribution is -0.146. The molecule has 0 aromatic heterocycles. The molecule has 0 amide bonds. The molecule has 99 valence electrons. The first-order valence-electron chi connectivity index (χ1n) is 4.62. The van der Waals surface area contributed by atoms with E-state index in [0.29, 0.717) is 0 Å². The summed E-state index contributed by atoms with van der Waals surface area (Å²) in [6.07, 6.45) is -1.80. The van der Waals surface area contributed by atoms with Crippen molar-refractivity contribution < 1.29 is 37.9 Å². The van der Waals surface area contributed by atoms with Crippen molar-refractivity contribution in [1.29, 1.82) is 0 Å². The molecular weight excluding hydrogens is 256 g/mol. The van der Waals surface area contributed by atoms with E-state index < -0.39 is 39.8 Å². The molecule has 1 radical (unpaired) electrons. The van der Waals surface area contributed by atoms with Crippen LogP contribution in [0.1, 0.15) is 19.3 Å². The lowest BCUT2D eigenvalue weighted by Gasteiger charge is -2.13. The van der Waals surface area contributed by atoms with Gasteiger partial charge in [0.2, 0.25) is 5.92 Å². The molecule has 0 bridgehead atoms. The van der Waals surface area contributed by atoms with Gasteiger partial charge in [-0.05, 0) is 19.3 Å². The molecule has 1 atom stereocenters. The van der Waals surface area contributed by atoms with Gasteiger partial charge in [-0.15, -0.1) is 0 Å². The third-order valence-electron chi connectivity index (χ3n) is 1.92. The van der Waals surface area contributed by atoms with E-state index in [-0.39, 0.29) is 19.3 Å². The van der Waals surface area contributed by atoms with Crippen LogP contribution in [-0.2, 0) is 19.7 Å². The van der Waals surface area contributed by atoms with E-state index in [2.05, 4.69) is 0 Å². The number of unbranched alkanes of at least 4 members (excludes halogenated alkanes) is 1. The van der Waals surface area contributed by atoms with E-state index in [0.717, 1.165) is 0 Å². The zero-order chi connectivity index (χ0) is 13.6. The van der Waals surface area contributed by atoms with Gasteiger partial charge in [0.25, 0.3) is 10.1 Å². The Balaban J connectivity index is 4.12. The first-order chi connectivity index (χ1) is 7.65. The van der Waals surface area contributed by atoms with Crippen LogP contribution in [0.2, 0.25) is 0 Å². The minimum atomic E-state index is -4.10. The van der Waals surface area contributed by atoms with Crippen LogP contribution in [0.3, 0.4) is 0 Å². The number of aliphatic carboxylic acids is 2. The fourth-order valence-electron chi connectivity index (χ4n) is 1.14. The van der Waals surface area contributed by atoms with Gasteiger partial charge >= 0.3 is 11.9 Å². The number of carbonyl (C=O) groups is 2. The lowest BCUT2D eigenvalue weighted by Crippen LogP contribution is -2.32. The summed E-state index contributed by atoms with van der Waals surface area (Å²) in [5.74, 6) is -5.05. The Morgan fingerprint density at radius 3 is 1.88 bits per heavy atom. The quantitative estimate of drug-likeness (QED) is 0.253. The minimum absolute atomic E-state index is 0.00239. The van der Waals surface area contributed by atoms with Gasteiger partial charge in [0.05, 0.1) is 11.9 Å². The summed E-state index contributed by atoms with van der Waals surface area (Å²) in [5.41, 5.74) is 0. The topological polar surface area (TPSA) is 149 Å². The summed E-state index contributed by atoms with van der Waals surface area (Å²) in [6, 6.07) is 0. The Kier molecular flexibility index (Phi) is 6.07. The van der Waals surface area contributed by atoms with E-state index in [4.69, 9.17) is 14.8 Å². The van der Waals surface area contributed by atoms with Crippen LogP contribution in [0.4, 0.5) is 0 Å². The Bertz CT molecular complexity index is 359. The average molecular weight is 269 g/mol. The highest BCUT2D eigenvalue weighted by atomic mass is 32.2. The van der Waals surface area contributed by atoms with Crippen LogP contribution in [-0.4, -0.2) is 52.1 Å². The van der Waals surface area contributed by atoms with Crippen molar-refractivity contribution in [1.82, 2.24) is 0 Å². The summed E-state index contributed by atoms with van der Waals surface area (Å²) >= 11 is 0. The van der Waals surface area contributed by atoms with Crippen LogP contribution in [0.15, 0.2) is 0 Å². The van der Waals surface area contributed by atoms with Crippen LogP contribution in [0.25, 0.3) is 0 Å². The van der Waals surface area contributed by atoms with E-state index in [1.807, 2.05) is 0 Å². The Morgan fingerprint density at radius 1 is 1.06 bits per heavy atom. The number of aliphatic hydroxyl groups excluding tert-OH is 1. The second-order valence-corrected chi connectivity index (χ2v) is 4.89. The van der Waals surface area contributed by atoms with Gasteiger partial charge in [0, 0.05) is 0 Å². The van der Waals surface area contributed by atoms with Gasteiger partial charge in [-0.1, -0.05) is 0 Å². The molecule has 0 fully saturated rings. The molecule has 0 saturated carbocycles. The summed E-state index contributed by atoms with van der Waals surface area (Å²) in [6.45, 7) is 0. The first kappa shape index (κ1) is 15.8. The van der Waals surface area contributed by atoms with Crippen molar-refractivity contribution in [3.63, 3.8) is 0 Å². The fourth-order valence-corrected chi connectivity index (χ4v) is 1.71. The Morgan fingerprint density at radius 2 is 1.53 bits per heavy atom. The molecule has 4 N–H and O–H groups in total. The molecular formula is C8H13O8S. The summed E-state index contributed by atoms with van der Waals surface area (Å²) < 4.78 is 29.0. The molecule has 9 heteroatoms. The zero-order valence-electron chi connectivity index (χ0n) is 8.74. The molecule has 0 aliphatic rings. The highest BCUT2D eigenvalue weighted by Gasteiger charge is 2.34. The molecule has 17 heavy (non-hydrogen) atoms. The maximum atomic E-state index is 10.5. The summed E-state index contributed by atoms with van der Waals surface area (Å²) in [4.78, 5) is 20.9. The van der Waals surface area contributed by atoms with Crippen molar-refractivity contribution in [2.75, 3.05) is 5.75 Å². The largest absolute Gasteiger partial charge is 0.480 e. The highest BCUT2D eigenvalue weighted by molar-refractivity contribution is 7.85. The van der Waals surface area contributed by atoms with Crippen molar-refractivity contribution in [3.05, 3.63) is 5.92 Å². The van der Waals surface area contributed by atoms with Gasteiger partial charge in [-0.25, -0.2) is 0 Å². The van der Waals surface area contributed by atoms with Crippen LogP contribution >= 0.6 is 0 Å². The molecule has 0 saturated heterocycles. The first-order valence-corrected chi connectivity index (χ1v) is 6.22. The average Bonchev–Trinajstić information content (AvgIpc) is 2.09. The third kappa shape index (κ3) is 6.87. The highest BCUT2D eigenvalue weighted by Crippen LogP contribution is 2.14. The molecule has 0 aromatic rings. The molecule has 0 aliphatic carbocycles. The van der Waals surface area contributed by atoms with Gasteiger partial charge in [-0.2, -0.15) is 8.42 Å². The maximum absolute atomic E-state index is 10.5. The van der Waals surface area contributed by atoms with Crippen LogP contribution < -0.4 is 0 Å². The van der Waals surface area contributed by atoms with Gasteiger partial charge in [0.15, 0.2) is 0 Å². The SMILES string of the molecule is O=C(O)[C](C(=O)O)C(O)CCCCS(=O)(=O)O. The van der Waals surface area contributed by atoms with Gasteiger partial charge in [0.1, 0.15) is 0 Å². The molecule has 0 rings (SSSR count). The van der Waals surface area contributed by atoms with Crippen LogP contribution in [0, 0.1) is 5.92 Å². The predicted octanol–water partition coefficient (Wildman–Crippen LogP) is -0.851. The van der Waals surface area contributed by atoms with E-state index in [1.165, 1.54) is 0 Å². The predicted molar refractivity (Wildman–Crippen MR) is 54.8 cm³/mol. The number of aliphatic hydroxyl groups is 1. The molecule has 1 unspecified atom stereocenters. The standard InChI is InChI=1S/C8H13O8S/c9-5(6(7(10)11)8(12)13)3-1-2-4-17(14,15)16/h5,9H,1-4H2,(H,10,11)(H,12,13)(H,14,15,16). The van der Waals surface area contributed by atoms with Crippen LogP contribution in [0.5, 0.6) is 0 Å². The fraction of sp³-hybridized carbons (Fsp3) is 0.625. The smallest absolute Gasteiger partial charge is 0.325 e. The molecule has 0 spiro atoms. The van der Waals surface area contributed by atoms with Gasteiger partial charge < -0.3 is 15.3 Å². The van der Waals surface area contributed by atoms with Crippen molar-refractivity contribution in [3.8, 4) is 0 Å². The van der Waals surface area contributed by atoms with Crippen molar-refractivity contribution in [2.45, 2.75) is 25.4 Å². The number of carboxylic acids is 2. The zero-order valence-corrected chi connectivity index (χ0v) is 9.55. The van der Waals surface area contributed by atoms with Crippen molar-refractivity contribution >= 4 is 22.1 Å².